The highest BCUT2D eigenvalue weighted by molar-refractivity contribution is 5.78. The fourth-order valence-corrected chi connectivity index (χ4v) is 1.22. The first-order valence-electron chi connectivity index (χ1n) is 4.57. The molecule has 0 aromatic carbocycles. The van der Waals surface area contributed by atoms with Gasteiger partial charge in [-0.15, -0.1) is 0 Å². The van der Waals surface area contributed by atoms with Crippen molar-refractivity contribution in [3.8, 4) is 0 Å². The summed E-state index contributed by atoms with van der Waals surface area (Å²) in [6.45, 7) is 3.99. The first-order chi connectivity index (χ1) is 5.61. The smallest absolute Gasteiger partial charge is 0.223 e. The topological polar surface area (TPSA) is 49.3 Å². The van der Waals surface area contributed by atoms with E-state index >= 15 is 0 Å². The lowest BCUT2D eigenvalue weighted by atomic mass is 10.1. The molecule has 1 fully saturated rings. The lowest BCUT2D eigenvalue weighted by Gasteiger charge is -2.11. The molecule has 0 spiro atoms. The molecule has 0 heterocycles. The number of carbonyl (C=O) groups excluding carboxylic acids is 1. The molecule has 2 unspecified atom stereocenters. The monoisotopic (exact) mass is 171 g/mol. The van der Waals surface area contributed by atoms with Crippen molar-refractivity contribution in [3.63, 3.8) is 0 Å². The maximum absolute atomic E-state index is 11.3. The molecule has 0 bridgehead atoms. The fourth-order valence-electron chi connectivity index (χ4n) is 1.22. The average molecular weight is 171 g/mol. The normalized spacial score (nSPS) is 21.6. The van der Waals surface area contributed by atoms with E-state index in [1.807, 2.05) is 6.92 Å². The Morgan fingerprint density at radius 2 is 2.17 bits per heavy atom. The number of aliphatic hydroxyl groups excluding tert-OH is 1. The molecule has 70 valence electrons. The van der Waals surface area contributed by atoms with Crippen molar-refractivity contribution in [2.75, 3.05) is 6.54 Å². The van der Waals surface area contributed by atoms with Crippen LogP contribution >= 0.6 is 0 Å². The van der Waals surface area contributed by atoms with Crippen LogP contribution in [0.4, 0.5) is 0 Å². The minimum atomic E-state index is -0.444. The standard InChI is InChI=1S/C9H17NO2/c1-6(11)5-10-9(12)7(2)8-3-4-8/h6-8,11H,3-5H2,1-2H3,(H,10,12). The number of rotatable bonds is 4. The Bertz CT molecular complexity index is 164. The summed E-state index contributed by atoms with van der Waals surface area (Å²) in [6, 6.07) is 0. The van der Waals surface area contributed by atoms with Crippen LogP contribution in [0.1, 0.15) is 26.7 Å². The SMILES string of the molecule is CC(O)CNC(=O)C(C)C1CC1. The van der Waals surface area contributed by atoms with E-state index in [0.717, 1.165) is 0 Å². The Morgan fingerprint density at radius 1 is 1.58 bits per heavy atom. The molecular formula is C9H17NO2. The highest BCUT2D eigenvalue weighted by Gasteiger charge is 2.32. The summed E-state index contributed by atoms with van der Waals surface area (Å²) in [5.74, 6) is 0.807. The van der Waals surface area contributed by atoms with Crippen molar-refractivity contribution in [2.24, 2.45) is 11.8 Å². The van der Waals surface area contributed by atoms with Gasteiger partial charge in [-0.05, 0) is 25.7 Å². The van der Waals surface area contributed by atoms with Gasteiger partial charge >= 0.3 is 0 Å². The van der Waals surface area contributed by atoms with Crippen molar-refractivity contribution in [1.82, 2.24) is 5.32 Å². The summed E-state index contributed by atoms with van der Waals surface area (Å²) in [7, 11) is 0. The van der Waals surface area contributed by atoms with E-state index in [-0.39, 0.29) is 11.8 Å². The molecule has 1 saturated carbocycles. The molecule has 3 nitrogen and oxygen atoms in total. The van der Waals surface area contributed by atoms with Gasteiger partial charge in [0.1, 0.15) is 0 Å². The van der Waals surface area contributed by atoms with Gasteiger partial charge in [0.15, 0.2) is 0 Å². The van der Waals surface area contributed by atoms with Gasteiger partial charge in [-0.3, -0.25) is 4.79 Å². The number of aliphatic hydroxyl groups is 1. The number of amides is 1. The molecule has 1 amide bonds. The van der Waals surface area contributed by atoms with Gasteiger partial charge in [-0.25, -0.2) is 0 Å². The van der Waals surface area contributed by atoms with E-state index in [0.29, 0.717) is 12.5 Å². The summed E-state index contributed by atoms with van der Waals surface area (Å²) in [5, 5.41) is 11.6. The van der Waals surface area contributed by atoms with Crippen LogP contribution in [0.25, 0.3) is 0 Å². The molecule has 12 heavy (non-hydrogen) atoms. The van der Waals surface area contributed by atoms with E-state index in [2.05, 4.69) is 5.32 Å². The van der Waals surface area contributed by atoms with Crippen molar-refractivity contribution in [3.05, 3.63) is 0 Å². The third kappa shape index (κ3) is 2.81. The molecule has 1 rings (SSSR count). The zero-order valence-electron chi connectivity index (χ0n) is 7.71. The summed E-state index contributed by atoms with van der Waals surface area (Å²) in [4.78, 5) is 11.3. The van der Waals surface area contributed by atoms with E-state index in [4.69, 9.17) is 5.11 Å². The predicted octanol–water partition coefficient (Wildman–Crippen LogP) is 0.529. The molecule has 0 aromatic rings. The molecule has 1 aliphatic carbocycles. The highest BCUT2D eigenvalue weighted by Crippen LogP contribution is 2.36. The Labute approximate surface area is 73.2 Å². The van der Waals surface area contributed by atoms with Crippen LogP contribution in [0.3, 0.4) is 0 Å². The second-order valence-electron chi connectivity index (χ2n) is 3.72. The Morgan fingerprint density at radius 3 is 2.58 bits per heavy atom. The van der Waals surface area contributed by atoms with E-state index in [9.17, 15) is 4.79 Å². The Balaban J connectivity index is 2.17. The molecule has 3 heteroatoms. The zero-order valence-corrected chi connectivity index (χ0v) is 7.71. The van der Waals surface area contributed by atoms with Crippen molar-refractivity contribution in [1.29, 1.82) is 0 Å². The quantitative estimate of drug-likeness (QED) is 0.648. The third-order valence-electron chi connectivity index (χ3n) is 2.31. The van der Waals surface area contributed by atoms with E-state index in [1.165, 1.54) is 12.8 Å². The zero-order chi connectivity index (χ0) is 9.14. The minimum absolute atomic E-state index is 0.0819. The van der Waals surface area contributed by atoms with Gasteiger partial charge in [0.2, 0.25) is 5.91 Å². The van der Waals surface area contributed by atoms with Gasteiger partial charge < -0.3 is 10.4 Å². The molecular weight excluding hydrogens is 154 g/mol. The Hall–Kier alpha value is -0.570. The second kappa shape index (κ2) is 3.90. The van der Waals surface area contributed by atoms with Crippen LogP contribution in [0, 0.1) is 11.8 Å². The molecule has 2 N–H and O–H groups in total. The van der Waals surface area contributed by atoms with Gasteiger partial charge in [-0.2, -0.15) is 0 Å². The van der Waals surface area contributed by atoms with Crippen LogP contribution in [0.15, 0.2) is 0 Å². The lowest BCUT2D eigenvalue weighted by molar-refractivity contribution is -0.125. The van der Waals surface area contributed by atoms with Gasteiger partial charge in [-0.1, -0.05) is 6.92 Å². The molecule has 0 aromatic heterocycles. The van der Waals surface area contributed by atoms with Crippen molar-refractivity contribution < 1.29 is 9.90 Å². The van der Waals surface area contributed by atoms with Crippen LogP contribution in [0.5, 0.6) is 0 Å². The summed E-state index contributed by atoms with van der Waals surface area (Å²) < 4.78 is 0. The summed E-state index contributed by atoms with van der Waals surface area (Å²) >= 11 is 0. The van der Waals surface area contributed by atoms with E-state index < -0.39 is 6.10 Å². The van der Waals surface area contributed by atoms with E-state index in [1.54, 1.807) is 6.92 Å². The van der Waals surface area contributed by atoms with Crippen molar-refractivity contribution in [2.45, 2.75) is 32.8 Å². The van der Waals surface area contributed by atoms with Crippen LogP contribution in [-0.2, 0) is 4.79 Å². The number of hydrogen-bond acceptors (Lipinski definition) is 2. The summed E-state index contributed by atoms with van der Waals surface area (Å²) in [6.07, 6.45) is 1.92. The lowest BCUT2D eigenvalue weighted by Crippen LogP contribution is -2.35. The maximum Gasteiger partial charge on any atom is 0.223 e. The van der Waals surface area contributed by atoms with Gasteiger partial charge in [0, 0.05) is 12.5 Å². The van der Waals surface area contributed by atoms with Gasteiger partial charge in [0.05, 0.1) is 6.10 Å². The first-order valence-corrected chi connectivity index (χ1v) is 4.57. The minimum Gasteiger partial charge on any atom is -0.392 e. The predicted molar refractivity (Wildman–Crippen MR) is 46.6 cm³/mol. The average Bonchev–Trinajstić information content (AvgIpc) is 2.80. The highest BCUT2D eigenvalue weighted by atomic mass is 16.3. The van der Waals surface area contributed by atoms with Crippen LogP contribution < -0.4 is 5.32 Å². The Kier molecular flexibility index (Phi) is 3.09. The molecule has 0 radical (unpaired) electrons. The molecule has 0 aliphatic heterocycles. The fraction of sp³-hybridized carbons (Fsp3) is 0.889. The third-order valence-corrected chi connectivity index (χ3v) is 2.31. The largest absolute Gasteiger partial charge is 0.392 e. The number of nitrogens with one attached hydrogen (secondary N) is 1. The summed E-state index contributed by atoms with van der Waals surface area (Å²) in [5.41, 5.74) is 0. The number of carbonyl (C=O) groups is 1. The van der Waals surface area contributed by atoms with Crippen LogP contribution in [0.2, 0.25) is 0 Å². The molecule has 0 saturated heterocycles. The second-order valence-corrected chi connectivity index (χ2v) is 3.72. The number of hydrogen-bond donors (Lipinski definition) is 2. The molecule has 1 aliphatic rings. The van der Waals surface area contributed by atoms with Crippen LogP contribution in [-0.4, -0.2) is 23.7 Å². The first kappa shape index (κ1) is 9.52. The van der Waals surface area contributed by atoms with Gasteiger partial charge in [0.25, 0.3) is 0 Å². The van der Waals surface area contributed by atoms with Crippen molar-refractivity contribution >= 4 is 5.91 Å². The molecule has 2 atom stereocenters. The maximum atomic E-state index is 11.3.